The first-order valence-electron chi connectivity index (χ1n) is 3.66. The van der Waals surface area contributed by atoms with Crippen molar-refractivity contribution in [1.82, 2.24) is 0 Å². The molecular weight excluding hydrogens is 286 g/mol. The highest BCUT2D eigenvalue weighted by Crippen LogP contribution is 2.15. The molecule has 0 unspecified atom stereocenters. The molecule has 1 aromatic carbocycles. The van der Waals surface area contributed by atoms with E-state index in [4.69, 9.17) is 0 Å². The van der Waals surface area contributed by atoms with E-state index in [0.717, 1.165) is 0 Å². The SMILES string of the molecule is CSC(Br)=NS(=O)(=O)c1ccccc1. The van der Waals surface area contributed by atoms with Crippen molar-refractivity contribution in [3.8, 4) is 0 Å². The fourth-order valence-electron chi connectivity index (χ4n) is 0.777. The lowest BCUT2D eigenvalue weighted by Crippen LogP contribution is -1.97. The van der Waals surface area contributed by atoms with Gasteiger partial charge < -0.3 is 0 Å². The minimum absolute atomic E-state index is 0.200. The second-order valence-electron chi connectivity index (χ2n) is 2.34. The number of benzene rings is 1. The summed E-state index contributed by atoms with van der Waals surface area (Å²) in [6.45, 7) is 0. The Hall–Kier alpha value is -0.330. The standard InChI is InChI=1S/C8H8BrNO2S2/c1-13-8(9)10-14(11,12)7-5-3-2-4-6-7/h2-6H,1H3. The molecule has 0 aliphatic rings. The minimum atomic E-state index is -3.55. The third-order valence-electron chi connectivity index (χ3n) is 1.40. The third kappa shape index (κ3) is 3.11. The van der Waals surface area contributed by atoms with Gasteiger partial charge in [-0.2, -0.15) is 8.42 Å². The van der Waals surface area contributed by atoms with Gasteiger partial charge in [0.15, 0.2) is 3.95 Å². The van der Waals surface area contributed by atoms with Gasteiger partial charge in [0.25, 0.3) is 10.0 Å². The lowest BCUT2D eigenvalue weighted by atomic mass is 10.4. The highest BCUT2D eigenvalue weighted by Gasteiger charge is 2.11. The van der Waals surface area contributed by atoms with Gasteiger partial charge in [-0.3, -0.25) is 0 Å². The number of nitrogens with zero attached hydrogens (tertiary/aromatic N) is 1. The zero-order valence-electron chi connectivity index (χ0n) is 7.34. The van der Waals surface area contributed by atoms with Gasteiger partial charge >= 0.3 is 0 Å². The Labute approximate surface area is 95.8 Å². The molecule has 14 heavy (non-hydrogen) atoms. The van der Waals surface area contributed by atoms with Gasteiger partial charge in [0.2, 0.25) is 0 Å². The normalized spacial score (nSPS) is 12.9. The summed E-state index contributed by atoms with van der Waals surface area (Å²) in [7, 11) is -3.55. The van der Waals surface area contributed by atoms with Crippen molar-refractivity contribution in [2.45, 2.75) is 4.90 Å². The van der Waals surface area contributed by atoms with Crippen LogP contribution in [0.2, 0.25) is 0 Å². The number of hydrogen-bond acceptors (Lipinski definition) is 3. The average molecular weight is 294 g/mol. The van der Waals surface area contributed by atoms with Crippen LogP contribution in [0.1, 0.15) is 0 Å². The number of sulfonamides is 1. The topological polar surface area (TPSA) is 46.5 Å². The summed E-state index contributed by atoms with van der Waals surface area (Å²) in [4.78, 5) is 0.200. The summed E-state index contributed by atoms with van der Waals surface area (Å²) in [6.07, 6.45) is 1.74. The zero-order valence-corrected chi connectivity index (χ0v) is 10.6. The predicted molar refractivity (Wildman–Crippen MR) is 63.5 cm³/mol. The first kappa shape index (κ1) is 11.7. The van der Waals surface area contributed by atoms with E-state index in [-0.39, 0.29) is 4.90 Å². The molecule has 0 spiro atoms. The first-order valence-corrected chi connectivity index (χ1v) is 7.11. The number of halogens is 1. The van der Waals surface area contributed by atoms with E-state index in [1.165, 1.54) is 23.9 Å². The maximum Gasteiger partial charge on any atom is 0.283 e. The molecule has 0 amide bonds. The maximum atomic E-state index is 11.6. The van der Waals surface area contributed by atoms with Crippen molar-refractivity contribution in [3.63, 3.8) is 0 Å². The highest BCUT2D eigenvalue weighted by molar-refractivity contribution is 9.22. The van der Waals surface area contributed by atoms with Gasteiger partial charge in [-0.05, 0) is 34.3 Å². The highest BCUT2D eigenvalue weighted by atomic mass is 79.9. The van der Waals surface area contributed by atoms with E-state index < -0.39 is 10.0 Å². The fourth-order valence-corrected chi connectivity index (χ4v) is 2.74. The Morgan fingerprint density at radius 3 is 2.43 bits per heavy atom. The van der Waals surface area contributed by atoms with Crippen molar-refractivity contribution < 1.29 is 8.42 Å². The molecule has 0 saturated carbocycles. The van der Waals surface area contributed by atoms with Crippen molar-refractivity contribution in [3.05, 3.63) is 30.3 Å². The van der Waals surface area contributed by atoms with Crippen LogP contribution >= 0.6 is 27.7 Å². The quantitative estimate of drug-likeness (QED) is 0.622. The lowest BCUT2D eigenvalue weighted by molar-refractivity contribution is 0.598. The third-order valence-corrected chi connectivity index (χ3v) is 4.62. The van der Waals surface area contributed by atoms with Crippen LogP contribution in [0, 0.1) is 0 Å². The summed E-state index contributed by atoms with van der Waals surface area (Å²) < 4.78 is 27.1. The molecule has 76 valence electrons. The second kappa shape index (κ2) is 4.95. The molecule has 0 aliphatic carbocycles. The average Bonchev–Trinajstić information content (AvgIpc) is 2.18. The monoisotopic (exact) mass is 293 g/mol. The first-order chi connectivity index (χ1) is 6.56. The number of hydrogen-bond donors (Lipinski definition) is 0. The Kier molecular flexibility index (Phi) is 4.15. The van der Waals surface area contributed by atoms with Crippen LogP contribution in [0.5, 0.6) is 0 Å². The minimum Gasteiger partial charge on any atom is -0.199 e. The van der Waals surface area contributed by atoms with Crippen molar-refractivity contribution in [2.24, 2.45) is 4.40 Å². The van der Waals surface area contributed by atoms with Gasteiger partial charge in [-0.25, -0.2) is 0 Å². The van der Waals surface area contributed by atoms with Crippen LogP contribution < -0.4 is 0 Å². The lowest BCUT2D eigenvalue weighted by Gasteiger charge is -1.97. The van der Waals surface area contributed by atoms with Crippen molar-refractivity contribution in [1.29, 1.82) is 0 Å². The molecule has 0 bridgehead atoms. The molecule has 0 aliphatic heterocycles. The van der Waals surface area contributed by atoms with Crippen molar-refractivity contribution >= 4 is 41.7 Å². The summed E-state index contributed by atoms with van der Waals surface area (Å²) in [5, 5.41) is 0. The molecule has 0 saturated heterocycles. The molecule has 6 heteroatoms. The van der Waals surface area contributed by atoms with Crippen LogP contribution in [0.15, 0.2) is 39.6 Å². The molecule has 1 rings (SSSR count). The van der Waals surface area contributed by atoms with Crippen LogP contribution in [-0.4, -0.2) is 18.6 Å². The van der Waals surface area contributed by atoms with Gasteiger partial charge in [0.05, 0.1) is 4.90 Å². The maximum absolute atomic E-state index is 11.6. The largest absolute Gasteiger partial charge is 0.283 e. The van der Waals surface area contributed by atoms with Gasteiger partial charge in [0.1, 0.15) is 0 Å². The smallest absolute Gasteiger partial charge is 0.199 e. The van der Waals surface area contributed by atoms with Gasteiger partial charge in [0, 0.05) is 0 Å². The van der Waals surface area contributed by atoms with Crippen LogP contribution in [0.25, 0.3) is 0 Å². The summed E-state index contributed by atoms with van der Waals surface area (Å²) in [5.74, 6) is 0. The van der Waals surface area contributed by atoms with Crippen molar-refractivity contribution in [2.75, 3.05) is 6.26 Å². The van der Waals surface area contributed by atoms with E-state index in [0.29, 0.717) is 3.95 Å². The predicted octanol–water partition coefficient (Wildman–Crippen LogP) is 2.49. The number of thioether (sulfide) groups is 1. The van der Waals surface area contributed by atoms with Crippen LogP contribution in [0.4, 0.5) is 0 Å². The van der Waals surface area contributed by atoms with Gasteiger partial charge in [-0.15, -0.1) is 16.2 Å². The molecule has 0 atom stereocenters. The van der Waals surface area contributed by atoms with E-state index in [1.807, 2.05) is 0 Å². The second-order valence-corrected chi connectivity index (χ2v) is 6.01. The molecule has 0 aromatic heterocycles. The number of rotatable bonds is 2. The van der Waals surface area contributed by atoms with E-state index in [2.05, 4.69) is 20.3 Å². The Bertz CT molecular complexity index is 428. The van der Waals surface area contributed by atoms with E-state index in [9.17, 15) is 8.42 Å². The summed E-state index contributed by atoms with van der Waals surface area (Å²) in [6, 6.07) is 8.11. The Morgan fingerprint density at radius 1 is 1.36 bits per heavy atom. The Balaban J connectivity index is 3.11. The fraction of sp³-hybridized carbons (Fsp3) is 0.125. The molecule has 3 nitrogen and oxygen atoms in total. The van der Waals surface area contributed by atoms with E-state index >= 15 is 0 Å². The van der Waals surface area contributed by atoms with E-state index in [1.54, 1.807) is 24.5 Å². The Morgan fingerprint density at radius 2 is 1.93 bits per heavy atom. The van der Waals surface area contributed by atoms with Gasteiger partial charge in [-0.1, -0.05) is 18.2 Å². The summed E-state index contributed by atoms with van der Waals surface area (Å²) in [5.41, 5.74) is 0. The molecule has 0 radical (unpaired) electrons. The van der Waals surface area contributed by atoms with Crippen LogP contribution in [-0.2, 0) is 10.0 Å². The zero-order chi connectivity index (χ0) is 10.6. The van der Waals surface area contributed by atoms with Crippen LogP contribution in [0.3, 0.4) is 0 Å². The molecule has 1 aromatic rings. The molecule has 0 heterocycles. The summed E-state index contributed by atoms with van der Waals surface area (Å²) >= 11 is 4.28. The molecular formula is C8H8BrNO2S2. The molecule has 0 fully saturated rings. The molecule has 0 N–H and O–H groups in total.